The van der Waals surface area contributed by atoms with E-state index in [-0.39, 0.29) is 23.6 Å². The van der Waals surface area contributed by atoms with E-state index in [1.807, 2.05) is 0 Å². The van der Waals surface area contributed by atoms with Gasteiger partial charge in [0, 0.05) is 48.4 Å². The summed E-state index contributed by atoms with van der Waals surface area (Å²) in [5.41, 5.74) is 2.36. The summed E-state index contributed by atoms with van der Waals surface area (Å²) in [6, 6.07) is 12.0. The Balaban J connectivity index is 1.47. The average Bonchev–Trinajstić information content (AvgIpc) is 2.82. The molecule has 2 aromatic heterocycles. The van der Waals surface area contributed by atoms with Gasteiger partial charge in [-0.25, -0.2) is 4.98 Å². The lowest BCUT2D eigenvalue weighted by Gasteiger charge is -2.39. The molecule has 3 N–H and O–H groups in total. The van der Waals surface area contributed by atoms with Crippen LogP contribution in [0.3, 0.4) is 0 Å². The lowest BCUT2D eigenvalue weighted by Crippen LogP contribution is -2.56. The fraction of sp³-hybridized carbons (Fsp3) is 0.160. The van der Waals surface area contributed by atoms with Gasteiger partial charge in [-0.3, -0.25) is 20.0 Å². The SMILES string of the molecule is CC#CC(=O)N1CC(Nc2c(Cl)cncc2C(=N)c2ccc(C(=O)Nc3ccccn3)cc2)C1. The number of rotatable bonds is 6. The molecule has 2 amide bonds. The third-order valence-corrected chi connectivity index (χ3v) is 5.55. The molecule has 1 aliphatic rings. The molecular weight excluding hydrogens is 452 g/mol. The fourth-order valence-corrected chi connectivity index (χ4v) is 3.68. The van der Waals surface area contributed by atoms with Crippen LogP contribution in [0.1, 0.15) is 28.4 Å². The van der Waals surface area contributed by atoms with Crippen molar-refractivity contribution in [2.45, 2.75) is 13.0 Å². The van der Waals surface area contributed by atoms with Crippen LogP contribution >= 0.6 is 11.6 Å². The van der Waals surface area contributed by atoms with E-state index in [0.29, 0.717) is 46.3 Å². The van der Waals surface area contributed by atoms with Crippen molar-refractivity contribution < 1.29 is 9.59 Å². The number of nitrogens with one attached hydrogen (secondary N) is 3. The van der Waals surface area contributed by atoms with Crippen molar-refractivity contribution in [2.75, 3.05) is 23.7 Å². The fourth-order valence-electron chi connectivity index (χ4n) is 3.47. The number of carbonyl (C=O) groups is 2. The van der Waals surface area contributed by atoms with E-state index in [1.54, 1.807) is 66.7 Å². The Bertz CT molecular complexity index is 1290. The molecule has 0 unspecified atom stereocenters. The summed E-state index contributed by atoms with van der Waals surface area (Å²) in [5, 5.41) is 15.2. The third kappa shape index (κ3) is 5.05. The van der Waals surface area contributed by atoms with Crippen molar-refractivity contribution in [3.63, 3.8) is 0 Å². The molecule has 3 heterocycles. The topological polar surface area (TPSA) is 111 Å². The van der Waals surface area contributed by atoms with E-state index in [9.17, 15) is 9.59 Å². The van der Waals surface area contributed by atoms with Gasteiger partial charge in [-0.15, -0.1) is 0 Å². The number of benzene rings is 1. The first kappa shape index (κ1) is 23.0. The Morgan fingerprint density at radius 2 is 1.85 bits per heavy atom. The van der Waals surface area contributed by atoms with Crippen molar-refractivity contribution in [3.05, 3.63) is 82.8 Å². The Hall–Kier alpha value is -4.22. The molecule has 0 spiro atoms. The molecule has 0 radical (unpaired) electrons. The molecule has 4 rings (SSSR count). The number of likely N-dealkylation sites (tertiary alicyclic amines) is 1. The second-order valence-corrected chi connectivity index (χ2v) is 8.00. The molecule has 0 aliphatic carbocycles. The van der Waals surface area contributed by atoms with Crippen LogP contribution in [0.25, 0.3) is 0 Å². The maximum absolute atomic E-state index is 12.5. The smallest absolute Gasteiger partial charge is 0.298 e. The zero-order valence-electron chi connectivity index (χ0n) is 18.3. The molecule has 1 aromatic carbocycles. The van der Waals surface area contributed by atoms with E-state index in [4.69, 9.17) is 17.0 Å². The van der Waals surface area contributed by atoms with E-state index in [1.165, 1.54) is 6.20 Å². The average molecular weight is 473 g/mol. The highest BCUT2D eigenvalue weighted by Crippen LogP contribution is 2.29. The predicted molar refractivity (Wildman–Crippen MR) is 131 cm³/mol. The van der Waals surface area contributed by atoms with E-state index in [0.717, 1.165) is 0 Å². The second kappa shape index (κ2) is 10.1. The van der Waals surface area contributed by atoms with E-state index in [2.05, 4.69) is 32.4 Å². The highest BCUT2D eigenvalue weighted by atomic mass is 35.5. The minimum absolute atomic E-state index is 0.00766. The standard InChI is InChI=1S/C25H21ClN6O2/c1-2-5-22(33)32-14-18(15-32)30-24-19(12-28-13-20(24)26)23(27)16-7-9-17(10-8-16)25(34)31-21-6-3-4-11-29-21/h3-4,6-13,18,27H,14-15H2,1H3,(H,28,30)(H,29,31,34). The van der Waals surface area contributed by atoms with Gasteiger partial charge in [-0.2, -0.15) is 0 Å². The zero-order chi connectivity index (χ0) is 24.1. The van der Waals surface area contributed by atoms with Gasteiger partial charge >= 0.3 is 0 Å². The normalized spacial score (nSPS) is 12.7. The summed E-state index contributed by atoms with van der Waals surface area (Å²) in [5.74, 6) is 5.10. The summed E-state index contributed by atoms with van der Waals surface area (Å²) in [7, 11) is 0. The summed E-state index contributed by atoms with van der Waals surface area (Å²) in [6.07, 6.45) is 4.68. The first-order chi connectivity index (χ1) is 16.5. The molecule has 1 saturated heterocycles. The van der Waals surface area contributed by atoms with Crippen LogP contribution in [0.5, 0.6) is 0 Å². The highest BCUT2D eigenvalue weighted by molar-refractivity contribution is 6.34. The molecule has 8 nitrogen and oxygen atoms in total. The van der Waals surface area contributed by atoms with Crippen molar-refractivity contribution in [1.82, 2.24) is 14.9 Å². The molecule has 34 heavy (non-hydrogen) atoms. The quantitative estimate of drug-likeness (QED) is 0.376. The van der Waals surface area contributed by atoms with Gasteiger partial charge in [-0.05, 0) is 37.1 Å². The molecule has 9 heteroatoms. The lowest BCUT2D eigenvalue weighted by atomic mass is 10.00. The number of amides is 2. The number of anilines is 2. The highest BCUT2D eigenvalue weighted by Gasteiger charge is 2.31. The monoisotopic (exact) mass is 472 g/mol. The minimum atomic E-state index is -0.291. The first-order valence-electron chi connectivity index (χ1n) is 10.5. The van der Waals surface area contributed by atoms with Gasteiger partial charge in [0.2, 0.25) is 0 Å². The first-order valence-corrected chi connectivity index (χ1v) is 10.9. The maximum Gasteiger partial charge on any atom is 0.298 e. The van der Waals surface area contributed by atoms with Gasteiger partial charge < -0.3 is 15.5 Å². The number of hydrogen-bond donors (Lipinski definition) is 3. The number of hydrogen-bond acceptors (Lipinski definition) is 6. The summed E-state index contributed by atoms with van der Waals surface area (Å²) in [6.45, 7) is 2.62. The minimum Gasteiger partial charge on any atom is -0.377 e. The molecular formula is C25H21ClN6O2. The van der Waals surface area contributed by atoms with Gasteiger partial charge in [0.1, 0.15) is 5.82 Å². The van der Waals surface area contributed by atoms with Gasteiger partial charge in [0.25, 0.3) is 11.8 Å². The third-order valence-electron chi connectivity index (χ3n) is 5.26. The molecule has 0 bridgehead atoms. The number of carbonyl (C=O) groups excluding carboxylic acids is 2. The van der Waals surface area contributed by atoms with Crippen LogP contribution in [0.2, 0.25) is 5.02 Å². The van der Waals surface area contributed by atoms with Crippen LogP contribution in [0.4, 0.5) is 11.5 Å². The molecule has 3 aromatic rings. The van der Waals surface area contributed by atoms with Crippen molar-refractivity contribution in [1.29, 1.82) is 5.41 Å². The van der Waals surface area contributed by atoms with Crippen LogP contribution in [-0.2, 0) is 4.79 Å². The zero-order valence-corrected chi connectivity index (χ0v) is 19.1. The Kier molecular flexibility index (Phi) is 6.85. The van der Waals surface area contributed by atoms with Crippen LogP contribution in [0.15, 0.2) is 61.1 Å². The second-order valence-electron chi connectivity index (χ2n) is 7.59. The van der Waals surface area contributed by atoms with Crippen LogP contribution in [-0.4, -0.2) is 51.5 Å². The van der Waals surface area contributed by atoms with Crippen molar-refractivity contribution in [2.24, 2.45) is 0 Å². The molecule has 0 atom stereocenters. The largest absolute Gasteiger partial charge is 0.377 e. The Morgan fingerprint density at radius 3 is 2.53 bits per heavy atom. The number of halogens is 1. The number of nitrogens with zero attached hydrogens (tertiary/aromatic N) is 3. The van der Waals surface area contributed by atoms with Crippen molar-refractivity contribution in [3.8, 4) is 11.8 Å². The number of pyridine rings is 2. The van der Waals surface area contributed by atoms with E-state index >= 15 is 0 Å². The summed E-state index contributed by atoms with van der Waals surface area (Å²) >= 11 is 6.40. The maximum atomic E-state index is 12.5. The Morgan fingerprint density at radius 1 is 1.12 bits per heavy atom. The van der Waals surface area contributed by atoms with E-state index < -0.39 is 0 Å². The lowest BCUT2D eigenvalue weighted by molar-refractivity contribution is -0.128. The molecule has 0 saturated carbocycles. The summed E-state index contributed by atoms with van der Waals surface area (Å²) < 4.78 is 0. The molecule has 1 aliphatic heterocycles. The summed E-state index contributed by atoms with van der Waals surface area (Å²) in [4.78, 5) is 34.2. The predicted octanol–water partition coefficient (Wildman–Crippen LogP) is 3.44. The number of aromatic nitrogens is 2. The van der Waals surface area contributed by atoms with Gasteiger partial charge in [0.15, 0.2) is 0 Å². The van der Waals surface area contributed by atoms with Crippen LogP contribution in [0, 0.1) is 17.3 Å². The molecule has 170 valence electrons. The van der Waals surface area contributed by atoms with Gasteiger partial charge in [0.05, 0.1) is 22.5 Å². The molecule has 1 fully saturated rings. The van der Waals surface area contributed by atoms with Gasteiger partial charge in [-0.1, -0.05) is 35.7 Å². The van der Waals surface area contributed by atoms with Crippen LogP contribution < -0.4 is 10.6 Å². The van der Waals surface area contributed by atoms with Crippen molar-refractivity contribution >= 4 is 40.6 Å². The Labute approximate surface area is 201 Å².